The summed E-state index contributed by atoms with van der Waals surface area (Å²) in [6, 6.07) is 18.4. The molecule has 2 nitrogen and oxygen atoms in total. The van der Waals surface area contributed by atoms with Crippen molar-refractivity contribution in [1.29, 1.82) is 0 Å². The number of hydrogen-bond acceptors (Lipinski definition) is 2. The highest BCUT2D eigenvalue weighted by atomic mass is 28.4. The van der Waals surface area contributed by atoms with E-state index in [1.165, 1.54) is 33.4 Å². The van der Waals surface area contributed by atoms with Crippen molar-refractivity contribution in [1.82, 2.24) is 0 Å². The van der Waals surface area contributed by atoms with Crippen molar-refractivity contribution >= 4 is 14.4 Å². The maximum absolute atomic E-state index is 7.00. The van der Waals surface area contributed by atoms with Crippen molar-refractivity contribution in [3.05, 3.63) is 88.2 Å². The zero-order chi connectivity index (χ0) is 32.2. The first-order valence-corrected chi connectivity index (χ1v) is 19.6. The van der Waals surface area contributed by atoms with E-state index < -0.39 is 8.32 Å². The average molecular weight is 601 g/mol. The van der Waals surface area contributed by atoms with Crippen LogP contribution in [0.2, 0.25) is 18.1 Å². The first kappa shape index (κ1) is 35.1. The van der Waals surface area contributed by atoms with E-state index in [1.807, 2.05) is 0 Å². The molecule has 1 atom stereocenters. The lowest BCUT2D eigenvalue weighted by molar-refractivity contribution is 0.0657. The maximum Gasteiger partial charge on any atom is 0.192 e. The summed E-state index contributed by atoms with van der Waals surface area (Å²) in [7, 11) is -1.85. The average Bonchev–Trinajstić information content (AvgIpc) is 3.39. The lowest BCUT2D eigenvalue weighted by atomic mass is 9.69. The molecule has 0 aliphatic carbocycles. The summed E-state index contributed by atoms with van der Waals surface area (Å²) in [6.45, 7) is 30.1. The first-order valence-electron chi connectivity index (χ1n) is 16.6. The van der Waals surface area contributed by atoms with E-state index in [4.69, 9.17) is 8.84 Å². The van der Waals surface area contributed by atoms with Crippen LogP contribution in [0, 0.1) is 19.3 Å². The fourth-order valence-corrected chi connectivity index (χ4v) is 7.59. The van der Waals surface area contributed by atoms with Crippen molar-refractivity contribution in [3.63, 3.8) is 0 Å². The lowest BCUT2D eigenvalue weighted by Gasteiger charge is -2.43. The van der Waals surface area contributed by atoms with Crippen LogP contribution in [0.25, 0.3) is 17.4 Å². The molecule has 2 aromatic carbocycles. The third-order valence-electron chi connectivity index (χ3n) is 10.2. The molecule has 0 fully saturated rings. The highest BCUT2D eigenvalue weighted by Gasteiger charge is 2.41. The van der Waals surface area contributed by atoms with Crippen LogP contribution in [0.1, 0.15) is 122 Å². The topological polar surface area (TPSA) is 22.4 Å². The standard InChI is InChI=1S/C40H60O2Si/c1-14-17-18-34-23-25-36(41-34)35-24-22-33(28-30(35)5)40(15-2,16-3)32-21-19-31(29(4)27-32)20-26-37(38(6,7)8)42-43(12,13)39(9,10)11/h17-19,21-25,27-28,37H,14-16,20,26H2,1-13H3/b18-17+. The van der Waals surface area contributed by atoms with Gasteiger partial charge in [-0.15, -0.1) is 0 Å². The second-order valence-corrected chi connectivity index (χ2v) is 20.0. The van der Waals surface area contributed by atoms with Crippen molar-refractivity contribution in [3.8, 4) is 11.3 Å². The van der Waals surface area contributed by atoms with Crippen molar-refractivity contribution in [2.75, 3.05) is 0 Å². The molecule has 43 heavy (non-hydrogen) atoms. The predicted octanol–water partition coefficient (Wildman–Crippen LogP) is 12.5. The van der Waals surface area contributed by atoms with Gasteiger partial charge in [-0.25, -0.2) is 0 Å². The van der Waals surface area contributed by atoms with E-state index >= 15 is 0 Å². The van der Waals surface area contributed by atoms with Crippen LogP contribution in [0.4, 0.5) is 0 Å². The summed E-state index contributed by atoms with van der Waals surface area (Å²) in [5.41, 5.74) is 8.14. The van der Waals surface area contributed by atoms with E-state index in [-0.39, 0.29) is 22.0 Å². The molecule has 0 saturated heterocycles. The molecule has 3 aromatic rings. The molecule has 0 amide bonds. The Labute approximate surface area is 265 Å². The molecule has 0 saturated carbocycles. The van der Waals surface area contributed by atoms with Gasteiger partial charge in [0.2, 0.25) is 0 Å². The largest absolute Gasteiger partial charge is 0.457 e. The minimum Gasteiger partial charge on any atom is -0.457 e. The van der Waals surface area contributed by atoms with Crippen LogP contribution >= 0.6 is 0 Å². The van der Waals surface area contributed by atoms with Crippen LogP contribution in [0.5, 0.6) is 0 Å². The molecule has 0 bridgehead atoms. The first-order chi connectivity index (χ1) is 20.0. The fourth-order valence-electron chi connectivity index (χ4n) is 6.05. The molecule has 0 N–H and O–H groups in total. The van der Waals surface area contributed by atoms with Gasteiger partial charge in [0.05, 0.1) is 6.10 Å². The van der Waals surface area contributed by atoms with Gasteiger partial charge in [0.15, 0.2) is 8.32 Å². The molecule has 3 heteroatoms. The molecule has 1 aromatic heterocycles. The summed E-state index contributed by atoms with van der Waals surface area (Å²) in [5, 5.41) is 0.209. The third-order valence-corrected chi connectivity index (χ3v) is 14.7. The van der Waals surface area contributed by atoms with E-state index in [0.29, 0.717) is 0 Å². The summed E-state index contributed by atoms with van der Waals surface area (Å²) >= 11 is 0. The third kappa shape index (κ3) is 8.03. The van der Waals surface area contributed by atoms with E-state index in [1.54, 1.807) is 0 Å². The van der Waals surface area contributed by atoms with Gasteiger partial charge in [-0.05, 0) is 116 Å². The number of furan rings is 1. The maximum atomic E-state index is 7.00. The number of allylic oxidation sites excluding steroid dienone is 1. The Hall–Kier alpha value is -2.36. The monoisotopic (exact) mass is 600 g/mol. The van der Waals surface area contributed by atoms with Gasteiger partial charge in [-0.1, -0.05) is 105 Å². The number of benzene rings is 2. The lowest BCUT2D eigenvalue weighted by Crippen LogP contribution is -2.47. The molecular weight excluding hydrogens is 541 g/mol. The van der Waals surface area contributed by atoms with Gasteiger partial charge >= 0.3 is 0 Å². The van der Waals surface area contributed by atoms with Crippen LogP contribution in [-0.2, 0) is 16.3 Å². The summed E-state index contributed by atoms with van der Waals surface area (Å²) in [4.78, 5) is 0. The van der Waals surface area contributed by atoms with Gasteiger partial charge in [-0.3, -0.25) is 0 Å². The summed E-state index contributed by atoms with van der Waals surface area (Å²) in [5.74, 6) is 1.84. The Balaban J connectivity index is 1.88. The van der Waals surface area contributed by atoms with Gasteiger partial charge in [0.25, 0.3) is 0 Å². The molecule has 3 rings (SSSR count). The summed E-state index contributed by atoms with van der Waals surface area (Å²) in [6.07, 6.45) is 9.64. The molecule has 0 radical (unpaired) electrons. The molecule has 0 spiro atoms. The summed E-state index contributed by atoms with van der Waals surface area (Å²) < 4.78 is 13.2. The van der Waals surface area contributed by atoms with Crippen molar-refractivity contribution in [2.45, 2.75) is 138 Å². The SMILES string of the molecule is CC/C=C/c1ccc(-c2ccc(C(CC)(CC)c3ccc(CCC(O[Si](C)(C)C(C)(C)C)C(C)(C)C)c(C)c3)cc2C)o1. The zero-order valence-electron chi connectivity index (χ0n) is 29.7. The zero-order valence-corrected chi connectivity index (χ0v) is 30.7. The number of hydrogen-bond donors (Lipinski definition) is 0. The molecule has 1 unspecified atom stereocenters. The highest BCUT2D eigenvalue weighted by molar-refractivity contribution is 6.74. The van der Waals surface area contributed by atoms with Gasteiger partial charge < -0.3 is 8.84 Å². The normalized spacial score (nSPS) is 14.1. The smallest absolute Gasteiger partial charge is 0.192 e. The Morgan fingerprint density at radius 1 is 0.814 bits per heavy atom. The van der Waals surface area contributed by atoms with E-state index in [9.17, 15) is 0 Å². The second-order valence-electron chi connectivity index (χ2n) is 15.2. The molecule has 0 aliphatic rings. The predicted molar refractivity (Wildman–Crippen MR) is 191 cm³/mol. The van der Waals surface area contributed by atoms with Crippen molar-refractivity contribution in [2.24, 2.45) is 5.41 Å². The van der Waals surface area contributed by atoms with Crippen LogP contribution in [-0.4, -0.2) is 14.4 Å². The molecule has 1 heterocycles. The Bertz CT molecular complexity index is 1370. The second kappa shape index (κ2) is 13.7. The molecule has 0 aliphatic heterocycles. The van der Waals surface area contributed by atoms with Crippen LogP contribution in [0.15, 0.2) is 59.0 Å². The molecule has 236 valence electrons. The van der Waals surface area contributed by atoms with Gasteiger partial charge in [0.1, 0.15) is 11.5 Å². The van der Waals surface area contributed by atoms with Gasteiger partial charge in [-0.2, -0.15) is 0 Å². The Kier molecular flexibility index (Phi) is 11.2. The van der Waals surface area contributed by atoms with E-state index in [0.717, 1.165) is 43.6 Å². The Morgan fingerprint density at radius 3 is 1.93 bits per heavy atom. The quantitative estimate of drug-likeness (QED) is 0.193. The van der Waals surface area contributed by atoms with Crippen molar-refractivity contribution < 1.29 is 8.84 Å². The fraction of sp³-hybridized carbons (Fsp3) is 0.550. The highest BCUT2D eigenvalue weighted by Crippen LogP contribution is 2.43. The van der Waals surface area contributed by atoms with E-state index in [2.05, 4.69) is 150 Å². The van der Waals surface area contributed by atoms with Gasteiger partial charge in [0, 0.05) is 11.0 Å². The minimum absolute atomic E-state index is 0.0237. The number of aryl methyl sites for hydroxylation is 3. The number of rotatable bonds is 12. The van der Waals surface area contributed by atoms with Crippen LogP contribution in [0.3, 0.4) is 0 Å². The minimum atomic E-state index is -1.85. The Morgan fingerprint density at radius 2 is 1.42 bits per heavy atom. The van der Waals surface area contributed by atoms with Crippen LogP contribution < -0.4 is 0 Å². The molecular formula is C40H60O2Si.